The van der Waals surface area contributed by atoms with Gasteiger partial charge in [-0.1, -0.05) is 5.16 Å². The molecule has 164 valence electrons. The molecule has 0 bridgehead atoms. The Balaban J connectivity index is 1.54. The smallest absolute Gasteiger partial charge is 0.265 e. The lowest BCUT2D eigenvalue weighted by molar-refractivity contribution is 0.0620. The zero-order valence-electron chi connectivity index (χ0n) is 17.9. The number of nitrogens with zero attached hydrogens (tertiary/aromatic N) is 4. The SMILES string of the molecule is COCCC1(c2noc(-c3ccc(F)cc3)n2)CCN(C(=O)c2sc(C)nc2C)CC1. The van der Waals surface area contributed by atoms with E-state index in [-0.39, 0.29) is 17.1 Å². The second kappa shape index (κ2) is 8.84. The average molecular weight is 445 g/mol. The van der Waals surface area contributed by atoms with Crippen LogP contribution in [0.1, 0.15) is 45.5 Å². The zero-order valence-corrected chi connectivity index (χ0v) is 18.7. The van der Waals surface area contributed by atoms with Crippen molar-refractivity contribution in [3.05, 3.63) is 51.5 Å². The Morgan fingerprint density at radius 2 is 1.94 bits per heavy atom. The highest BCUT2D eigenvalue weighted by Crippen LogP contribution is 2.38. The molecule has 2 aromatic heterocycles. The van der Waals surface area contributed by atoms with Gasteiger partial charge in [0.2, 0.25) is 0 Å². The van der Waals surface area contributed by atoms with Crippen LogP contribution in [0.3, 0.4) is 0 Å². The number of amides is 1. The Hall–Kier alpha value is -2.65. The van der Waals surface area contributed by atoms with Crippen LogP contribution in [0, 0.1) is 19.7 Å². The molecule has 0 spiro atoms. The van der Waals surface area contributed by atoms with E-state index >= 15 is 0 Å². The number of carbonyl (C=O) groups is 1. The molecular weight excluding hydrogens is 419 g/mol. The molecule has 1 aliphatic rings. The van der Waals surface area contributed by atoms with Gasteiger partial charge in [0, 0.05) is 37.8 Å². The van der Waals surface area contributed by atoms with E-state index < -0.39 is 0 Å². The third-order valence-electron chi connectivity index (χ3n) is 5.88. The number of aromatic nitrogens is 3. The van der Waals surface area contributed by atoms with Crippen LogP contribution in [0.15, 0.2) is 28.8 Å². The Morgan fingerprint density at radius 3 is 2.55 bits per heavy atom. The fraction of sp³-hybridized carbons (Fsp3) is 0.455. The first-order chi connectivity index (χ1) is 14.9. The van der Waals surface area contributed by atoms with Gasteiger partial charge in [-0.25, -0.2) is 9.37 Å². The molecule has 7 nitrogen and oxygen atoms in total. The number of hydrogen-bond donors (Lipinski definition) is 0. The van der Waals surface area contributed by atoms with E-state index in [1.165, 1.54) is 23.5 Å². The minimum atomic E-state index is -0.340. The van der Waals surface area contributed by atoms with E-state index in [4.69, 9.17) is 9.26 Å². The summed E-state index contributed by atoms with van der Waals surface area (Å²) in [5, 5.41) is 5.16. The summed E-state index contributed by atoms with van der Waals surface area (Å²) in [7, 11) is 1.67. The molecule has 1 saturated heterocycles. The standard InChI is InChI=1S/C22H25FN4O3S/c1-14-18(31-15(2)24-14)20(28)27-11-8-22(9-12-27,10-13-29-3)21-25-19(30-26-21)16-4-6-17(23)7-5-16/h4-7H,8-13H2,1-3H3. The first kappa shape index (κ1) is 21.6. The molecule has 1 amide bonds. The summed E-state index contributed by atoms with van der Waals surface area (Å²) in [4.78, 5) is 24.6. The van der Waals surface area contributed by atoms with Gasteiger partial charge < -0.3 is 14.2 Å². The van der Waals surface area contributed by atoms with Crippen LogP contribution in [-0.4, -0.2) is 52.7 Å². The average Bonchev–Trinajstić information content (AvgIpc) is 3.39. The lowest BCUT2D eigenvalue weighted by Gasteiger charge is -2.39. The summed E-state index contributed by atoms with van der Waals surface area (Å²) >= 11 is 1.44. The largest absolute Gasteiger partial charge is 0.385 e. The molecule has 4 rings (SSSR count). The Bertz CT molecular complexity index is 1060. The van der Waals surface area contributed by atoms with E-state index in [9.17, 15) is 9.18 Å². The van der Waals surface area contributed by atoms with Gasteiger partial charge in [-0.3, -0.25) is 4.79 Å². The van der Waals surface area contributed by atoms with Crippen molar-refractivity contribution in [1.29, 1.82) is 0 Å². The molecular formula is C22H25FN4O3S. The van der Waals surface area contributed by atoms with E-state index in [1.807, 2.05) is 18.7 Å². The van der Waals surface area contributed by atoms with Crippen LogP contribution in [-0.2, 0) is 10.2 Å². The number of piperidine rings is 1. The lowest BCUT2D eigenvalue weighted by Crippen LogP contribution is -2.46. The number of rotatable bonds is 6. The van der Waals surface area contributed by atoms with Gasteiger partial charge >= 0.3 is 0 Å². The van der Waals surface area contributed by atoms with E-state index in [1.54, 1.807) is 19.2 Å². The quantitative estimate of drug-likeness (QED) is 0.568. The van der Waals surface area contributed by atoms with Crippen LogP contribution in [0.5, 0.6) is 0 Å². The van der Waals surface area contributed by atoms with Crippen LogP contribution < -0.4 is 0 Å². The maximum absolute atomic E-state index is 13.2. The summed E-state index contributed by atoms with van der Waals surface area (Å²) in [6.07, 6.45) is 2.15. The third kappa shape index (κ3) is 4.38. The van der Waals surface area contributed by atoms with Gasteiger partial charge in [0.15, 0.2) is 5.82 Å². The second-order valence-corrected chi connectivity index (χ2v) is 9.10. The second-order valence-electron chi connectivity index (χ2n) is 7.89. The molecule has 1 aliphatic heterocycles. The van der Waals surface area contributed by atoms with E-state index in [0.29, 0.717) is 54.7 Å². The monoisotopic (exact) mass is 444 g/mol. The molecule has 1 aromatic carbocycles. The molecule has 0 saturated carbocycles. The Morgan fingerprint density at radius 1 is 1.23 bits per heavy atom. The van der Waals surface area contributed by atoms with E-state index in [0.717, 1.165) is 17.1 Å². The maximum atomic E-state index is 13.2. The van der Waals surface area contributed by atoms with Gasteiger partial charge in [0.25, 0.3) is 11.8 Å². The van der Waals surface area contributed by atoms with Crippen molar-refractivity contribution in [3.63, 3.8) is 0 Å². The molecule has 3 heterocycles. The van der Waals surface area contributed by atoms with Crippen molar-refractivity contribution < 1.29 is 18.4 Å². The highest BCUT2D eigenvalue weighted by atomic mass is 32.1. The summed E-state index contributed by atoms with van der Waals surface area (Å²) in [5.41, 5.74) is 1.12. The summed E-state index contributed by atoms with van der Waals surface area (Å²) < 4.78 is 24.1. The van der Waals surface area contributed by atoms with Gasteiger partial charge in [0.1, 0.15) is 10.7 Å². The number of likely N-dealkylation sites (tertiary alicyclic amines) is 1. The number of methoxy groups -OCH3 is 1. The number of halogens is 1. The predicted molar refractivity (Wildman–Crippen MR) is 115 cm³/mol. The van der Waals surface area contributed by atoms with Crippen LogP contribution in [0.2, 0.25) is 0 Å². The minimum Gasteiger partial charge on any atom is -0.385 e. The first-order valence-corrected chi connectivity index (χ1v) is 11.1. The lowest BCUT2D eigenvalue weighted by atomic mass is 9.75. The summed E-state index contributed by atoms with van der Waals surface area (Å²) in [6.45, 7) is 5.54. The number of aryl methyl sites for hydroxylation is 2. The van der Waals surface area contributed by atoms with Crippen molar-refractivity contribution in [3.8, 4) is 11.5 Å². The molecule has 3 aromatic rings. The zero-order chi connectivity index (χ0) is 22.0. The van der Waals surface area contributed by atoms with Crippen molar-refractivity contribution in [2.24, 2.45) is 0 Å². The third-order valence-corrected chi connectivity index (χ3v) is 6.94. The predicted octanol–water partition coefficient (Wildman–Crippen LogP) is 4.16. The number of benzene rings is 1. The maximum Gasteiger partial charge on any atom is 0.265 e. The molecule has 9 heteroatoms. The Kier molecular flexibility index (Phi) is 6.15. The molecule has 1 fully saturated rings. The van der Waals surface area contributed by atoms with Crippen LogP contribution in [0.25, 0.3) is 11.5 Å². The van der Waals surface area contributed by atoms with Crippen LogP contribution in [0.4, 0.5) is 4.39 Å². The van der Waals surface area contributed by atoms with Gasteiger partial charge in [-0.05, 0) is 57.4 Å². The summed E-state index contributed by atoms with van der Waals surface area (Å²) in [6, 6.07) is 5.98. The molecule has 0 aliphatic carbocycles. The molecule has 0 atom stereocenters. The highest BCUT2D eigenvalue weighted by molar-refractivity contribution is 7.13. The minimum absolute atomic E-state index is 0.0311. The van der Waals surface area contributed by atoms with Crippen molar-refractivity contribution in [2.75, 3.05) is 26.8 Å². The van der Waals surface area contributed by atoms with Crippen molar-refractivity contribution in [2.45, 2.75) is 38.5 Å². The van der Waals surface area contributed by atoms with Crippen LogP contribution >= 0.6 is 11.3 Å². The number of carbonyl (C=O) groups excluding carboxylic acids is 1. The molecule has 0 N–H and O–H groups in total. The molecule has 0 radical (unpaired) electrons. The summed E-state index contributed by atoms with van der Waals surface area (Å²) in [5.74, 6) is 0.689. The fourth-order valence-electron chi connectivity index (χ4n) is 4.04. The number of thiazole rings is 1. The number of hydrogen-bond acceptors (Lipinski definition) is 7. The highest BCUT2D eigenvalue weighted by Gasteiger charge is 2.41. The molecule has 0 unspecified atom stereocenters. The molecule has 31 heavy (non-hydrogen) atoms. The van der Waals surface area contributed by atoms with E-state index in [2.05, 4.69) is 15.1 Å². The fourth-order valence-corrected chi connectivity index (χ4v) is 4.93. The van der Waals surface area contributed by atoms with Gasteiger partial charge in [-0.2, -0.15) is 4.98 Å². The van der Waals surface area contributed by atoms with Gasteiger partial charge in [-0.15, -0.1) is 11.3 Å². The van der Waals surface area contributed by atoms with Crippen molar-refractivity contribution >= 4 is 17.2 Å². The first-order valence-electron chi connectivity index (χ1n) is 10.2. The normalized spacial score (nSPS) is 15.9. The topological polar surface area (TPSA) is 81.4 Å². The van der Waals surface area contributed by atoms with Crippen molar-refractivity contribution in [1.82, 2.24) is 20.0 Å². The van der Waals surface area contributed by atoms with Gasteiger partial charge in [0.05, 0.1) is 10.7 Å². The Labute approximate surface area is 184 Å². The number of ether oxygens (including phenoxy) is 1.